The van der Waals surface area contributed by atoms with Gasteiger partial charge in [0.05, 0.1) is 5.69 Å². The van der Waals surface area contributed by atoms with Crippen molar-refractivity contribution in [3.63, 3.8) is 0 Å². The lowest BCUT2D eigenvalue weighted by molar-refractivity contribution is 0.478. The molecule has 0 saturated heterocycles. The maximum Gasteiger partial charge on any atom is 0.239 e. The highest BCUT2D eigenvalue weighted by Crippen LogP contribution is 2.25. The zero-order valence-electron chi connectivity index (χ0n) is 7.23. The summed E-state index contributed by atoms with van der Waals surface area (Å²) in [4.78, 5) is 3.91. The van der Waals surface area contributed by atoms with E-state index in [1.54, 1.807) is 12.1 Å². The zero-order chi connectivity index (χ0) is 10.1. The minimum Gasteiger partial charge on any atom is -0.506 e. The van der Waals surface area contributed by atoms with Crippen LogP contribution in [0, 0.1) is 0 Å². The molecular formula is C8H9N5O. The summed E-state index contributed by atoms with van der Waals surface area (Å²) in [6.07, 6.45) is 0. The molecule has 6 heteroatoms. The van der Waals surface area contributed by atoms with Crippen LogP contribution in [-0.2, 0) is 0 Å². The van der Waals surface area contributed by atoms with Crippen molar-refractivity contribution < 1.29 is 5.11 Å². The number of nitrogen functional groups attached to an aromatic ring is 2. The van der Waals surface area contributed by atoms with Gasteiger partial charge in [-0.05, 0) is 18.2 Å². The number of phenols is 1. The van der Waals surface area contributed by atoms with Gasteiger partial charge in [0.25, 0.3) is 0 Å². The average molecular weight is 191 g/mol. The number of nitrogens with zero attached hydrogens (tertiary/aromatic N) is 2. The number of aromatic hydroxyl groups is 1. The molecule has 0 amide bonds. The van der Waals surface area contributed by atoms with Crippen LogP contribution in [0.2, 0.25) is 0 Å². The molecule has 1 aromatic carbocycles. The van der Waals surface area contributed by atoms with Gasteiger partial charge in [0, 0.05) is 5.56 Å². The second kappa shape index (κ2) is 2.91. The molecule has 1 aromatic heterocycles. The molecule has 14 heavy (non-hydrogen) atoms. The molecular weight excluding hydrogens is 182 g/mol. The Kier molecular flexibility index (Phi) is 1.74. The summed E-state index contributed by atoms with van der Waals surface area (Å²) in [5.41, 5.74) is 11.8. The monoisotopic (exact) mass is 191 g/mol. The summed E-state index contributed by atoms with van der Waals surface area (Å²) >= 11 is 0. The molecule has 0 atom stereocenters. The van der Waals surface area contributed by atoms with E-state index in [0.29, 0.717) is 17.1 Å². The summed E-state index contributed by atoms with van der Waals surface area (Å²) in [7, 11) is 0. The van der Waals surface area contributed by atoms with Crippen molar-refractivity contribution in [1.29, 1.82) is 0 Å². The predicted octanol–water partition coefficient (Wildman–Crippen LogP) is 0.342. The van der Waals surface area contributed by atoms with Gasteiger partial charge in [-0.2, -0.15) is 4.98 Å². The summed E-state index contributed by atoms with van der Waals surface area (Å²) in [6, 6.07) is 4.80. The molecule has 0 bridgehead atoms. The first-order chi connectivity index (χ1) is 6.66. The minimum absolute atomic E-state index is 0.0115. The lowest BCUT2D eigenvalue weighted by atomic mass is 10.2. The molecule has 2 aromatic rings. The number of rotatable bonds is 1. The topological polar surface area (TPSA) is 114 Å². The Bertz CT molecular complexity index is 465. The number of hydrogen-bond donors (Lipinski definition) is 4. The molecule has 0 spiro atoms. The molecule has 6 nitrogen and oxygen atoms in total. The van der Waals surface area contributed by atoms with Crippen molar-refractivity contribution in [1.82, 2.24) is 15.2 Å². The van der Waals surface area contributed by atoms with Crippen LogP contribution in [0.3, 0.4) is 0 Å². The van der Waals surface area contributed by atoms with Gasteiger partial charge < -0.3 is 16.6 Å². The molecule has 6 N–H and O–H groups in total. The fourth-order valence-electron chi connectivity index (χ4n) is 1.09. The first kappa shape index (κ1) is 8.36. The molecule has 1 heterocycles. The van der Waals surface area contributed by atoms with Gasteiger partial charge in [0.15, 0.2) is 5.82 Å². The van der Waals surface area contributed by atoms with E-state index >= 15 is 0 Å². The third-order valence-electron chi connectivity index (χ3n) is 1.81. The Balaban J connectivity index is 2.47. The molecule has 0 radical (unpaired) electrons. The van der Waals surface area contributed by atoms with Crippen LogP contribution in [0.4, 0.5) is 11.6 Å². The van der Waals surface area contributed by atoms with Crippen LogP contribution in [0.25, 0.3) is 11.4 Å². The molecule has 0 aliphatic carbocycles. The normalized spacial score (nSPS) is 10.3. The number of phenolic OH excluding ortho intramolecular Hbond substituents is 1. The van der Waals surface area contributed by atoms with Crippen molar-refractivity contribution in [3.8, 4) is 17.1 Å². The van der Waals surface area contributed by atoms with Crippen molar-refractivity contribution in [2.24, 2.45) is 0 Å². The first-order valence-electron chi connectivity index (χ1n) is 3.93. The van der Waals surface area contributed by atoms with Crippen molar-refractivity contribution in [3.05, 3.63) is 18.2 Å². The minimum atomic E-state index is 0.0115. The molecule has 0 unspecified atom stereocenters. The second-order valence-electron chi connectivity index (χ2n) is 2.82. The van der Waals surface area contributed by atoms with E-state index in [2.05, 4.69) is 15.2 Å². The van der Waals surface area contributed by atoms with Crippen LogP contribution < -0.4 is 11.5 Å². The molecule has 72 valence electrons. The lowest BCUT2D eigenvalue weighted by Crippen LogP contribution is -1.87. The lowest BCUT2D eigenvalue weighted by Gasteiger charge is -2.00. The Morgan fingerprint density at radius 1 is 1.29 bits per heavy atom. The van der Waals surface area contributed by atoms with Gasteiger partial charge in [0.2, 0.25) is 5.95 Å². The molecule has 2 rings (SSSR count). The average Bonchev–Trinajstić information content (AvgIpc) is 2.57. The zero-order valence-corrected chi connectivity index (χ0v) is 7.23. The van der Waals surface area contributed by atoms with Gasteiger partial charge in [0.1, 0.15) is 5.75 Å². The highest BCUT2D eigenvalue weighted by molar-refractivity contribution is 5.65. The van der Waals surface area contributed by atoms with Gasteiger partial charge in [-0.25, -0.2) is 0 Å². The van der Waals surface area contributed by atoms with Gasteiger partial charge in [-0.1, -0.05) is 0 Å². The highest BCUT2D eigenvalue weighted by atomic mass is 16.3. The number of aromatic amines is 1. The van der Waals surface area contributed by atoms with E-state index in [-0.39, 0.29) is 11.7 Å². The third kappa shape index (κ3) is 1.33. The van der Waals surface area contributed by atoms with E-state index in [1.165, 1.54) is 6.07 Å². The quantitative estimate of drug-likeness (QED) is 0.383. The van der Waals surface area contributed by atoms with Crippen molar-refractivity contribution in [2.45, 2.75) is 0 Å². The Morgan fingerprint density at radius 2 is 2.07 bits per heavy atom. The highest BCUT2D eigenvalue weighted by Gasteiger charge is 2.05. The van der Waals surface area contributed by atoms with E-state index in [0.717, 1.165) is 0 Å². The fourth-order valence-corrected chi connectivity index (χ4v) is 1.09. The van der Waals surface area contributed by atoms with Crippen LogP contribution in [0.15, 0.2) is 18.2 Å². The van der Waals surface area contributed by atoms with E-state index in [1.807, 2.05) is 0 Å². The third-order valence-corrected chi connectivity index (χ3v) is 1.81. The van der Waals surface area contributed by atoms with Crippen molar-refractivity contribution in [2.75, 3.05) is 11.5 Å². The first-order valence-corrected chi connectivity index (χ1v) is 3.93. The largest absolute Gasteiger partial charge is 0.506 e. The summed E-state index contributed by atoms with van der Waals surface area (Å²) < 4.78 is 0. The van der Waals surface area contributed by atoms with Crippen LogP contribution >= 0.6 is 0 Å². The number of anilines is 2. The Labute approximate surface area is 79.6 Å². The van der Waals surface area contributed by atoms with Crippen molar-refractivity contribution >= 4 is 11.6 Å². The van der Waals surface area contributed by atoms with Gasteiger partial charge in [-0.15, -0.1) is 5.10 Å². The Morgan fingerprint density at radius 3 is 2.64 bits per heavy atom. The SMILES string of the molecule is Nc1n[nH]c(-c2ccc(N)c(O)c2)n1. The number of aromatic nitrogens is 3. The number of nitrogens with two attached hydrogens (primary N) is 2. The van der Waals surface area contributed by atoms with Crippen LogP contribution in [0.5, 0.6) is 5.75 Å². The number of benzene rings is 1. The molecule has 0 fully saturated rings. The number of H-pyrrole nitrogens is 1. The van der Waals surface area contributed by atoms with Crippen LogP contribution in [-0.4, -0.2) is 20.3 Å². The number of nitrogens with one attached hydrogen (secondary N) is 1. The second-order valence-corrected chi connectivity index (χ2v) is 2.82. The summed E-state index contributed by atoms with van der Waals surface area (Å²) in [5, 5.41) is 15.7. The molecule has 0 saturated carbocycles. The van der Waals surface area contributed by atoms with E-state index in [4.69, 9.17) is 11.5 Å². The summed E-state index contributed by atoms with van der Waals surface area (Å²) in [5.74, 6) is 0.673. The Hall–Kier alpha value is -2.24. The fraction of sp³-hybridized carbons (Fsp3) is 0. The molecule has 0 aliphatic heterocycles. The van der Waals surface area contributed by atoms with Crippen LogP contribution in [0.1, 0.15) is 0 Å². The smallest absolute Gasteiger partial charge is 0.239 e. The molecule has 0 aliphatic rings. The standard InChI is InChI=1S/C8H9N5O/c9-5-2-1-4(3-6(5)14)7-11-8(10)13-12-7/h1-3,14H,9H2,(H3,10,11,12,13). The number of hydrogen-bond acceptors (Lipinski definition) is 5. The van der Waals surface area contributed by atoms with Gasteiger partial charge >= 0.3 is 0 Å². The predicted molar refractivity (Wildman–Crippen MR) is 52.3 cm³/mol. The van der Waals surface area contributed by atoms with Gasteiger partial charge in [-0.3, -0.25) is 5.10 Å². The summed E-state index contributed by atoms with van der Waals surface area (Å²) in [6.45, 7) is 0. The van der Waals surface area contributed by atoms with E-state index < -0.39 is 0 Å². The van der Waals surface area contributed by atoms with E-state index in [9.17, 15) is 5.11 Å². The maximum atomic E-state index is 9.35. The maximum absolute atomic E-state index is 9.35.